The largest absolute Gasteiger partial charge is 0.465 e. The third-order valence-corrected chi connectivity index (χ3v) is 4.17. The number of esters is 1. The summed E-state index contributed by atoms with van der Waals surface area (Å²) in [5.74, 6) is -1.25. The van der Waals surface area contributed by atoms with Crippen molar-refractivity contribution >= 4 is 29.5 Å². The second kappa shape index (κ2) is 6.31. The molecule has 24 heavy (non-hydrogen) atoms. The van der Waals surface area contributed by atoms with Gasteiger partial charge in [0.15, 0.2) is 0 Å². The van der Waals surface area contributed by atoms with Crippen LogP contribution in [-0.2, 0) is 14.3 Å². The van der Waals surface area contributed by atoms with Crippen LogP contribution in [0.25, 0.3) is 0 Å². The zero-order chi connectivity index (χ0) is 17.3. The van der Waals surface area contributed by atoms with Gasteiger partial charge in [-0.15, -0.1) is 0 Å². The molecule has 3 rings (SSSR count). The van der Waals surface area contributed by atoms with Gasteiger partial charge in [-0.2, -0.15) is 0 Å². The third-order valence-electron chi connectivity index (χ3n) is 4.17. The lowest BCUT2D eigenvalue weighted by Crippen LogP contribution is -2.39. The Morgan fingerprint density at radius 1 is 1.25 bits per heavy atom. The van der Waals surface area contributed by atoms with E-state index in [2.05, 4.69) is 10.1 Å². The van der Waals surface area contributed by atoms with E-state index < -0.39 is 23.9 Å². The highest BCUT2D eigenvalue weighted by Gasteiger charge is 2.47. The molecule has 8 nitrogen and oxygen atoms in total. The molecule has 0 aromatic heterocycles. The molecular weight excluding hydrogens is 314 g/mol. The molecule has 2 aliphatic heterocycles. The van der Waals surface area contributed by atoms with Crippen LogP contribution in [0, 0.1) is 0 Å². The number of urea groups is 1. The molecule has 1 aromatic carbocycles. The van der Waals surface area contributed by atoms with E-state index in [4.69, 9.17) is 0 Å². The Labute approximate surface area is 138 Å². The van der Waals surface area contributed by atoms with Gasteiger partial charge in [0.1, 0.15) is 12.6 Å². The van der Waals surface area contributed by atoms with Gasteiger partial charge in [0.2, 0.25) is 5.91 Å². The van der Waals surface area contributed by atoms with Crippen LogP contribution in [-0.4, -0.2) is 59.9 Å². The molecule has 1 aromatic rings. The summed E-state index contributed by atoms with van der Waals surface area (Å²) in [4.78, 5) is 50.2. The third kappa shape index (κ3) is 2.82. The van der Waals surface area contributed by atoms with Crippen molar-refractivity contribution in [2.75, 3.05) is 25.5 Å². The number of methoxy groups -OCH3 is 1. The molecule has 1 unspecified atom stereocenters. The predicted molar refractivity (Wildman–Crippen MR) is 83.2 cm³/mol. The van der Waals surface area contributed by atoms with Gasteiger partial charge >= 0.3 is 12.0 Å². The fourth-order valence-corrected chi connectivity index (χ4v) is 2.98. The highest BCUT2D eigenvalue weighted by atomic mass is 16.5. The summed E-state index contributed by atoms with van der Waals surface area (Å²) in [5.41, 5.74) is 0.827. The maximum absolute atomic E-state index is 12.2. The highest BCUT2D eigenvalue weighted by molar-refractivity contribution is 6.08. The molecule has 0 aliphatic carbocycles. The van der Waals surface area contributed by atoms with Crippen molar-refractivity contribution in [2.45, 2.75) is 18.9 Å². The van der Waals surface area contributed by atoms with Crippen LogP contribution in [0.1, 0.15) is 23.2 Å². The second-order valence-electron chi connectivity index (χ2n) is 5.68. The van der Waals surface area contributed by atoms with Gasteiger partial charge in [0.05, 0.1) is 12.7 Å². The molecule has 0 radical (unpaired) electrons. The Morgan fingerprint density at radius 3 is 2.58 bits per heavy atom. The van der Waals surface area contributed by atoms with Crippen molar-refractivity contribution < 1.29 is 23.9 Å². The van der Waals surface area contributed by atoms with E-state index in [9.17, 15) is 19.2 Å². The molecule has 8 heteroatoms. The van der Waals surface area contributed by atoms with Crippen LogP contribution in [0.5, 0.6) is 0 Å². The standard InChI is InChI=1S/C16H17N3O5/c1-24-15(22)10-4-6-11(7-5-10)17-13(20)9-19-14(21)12-3-2-8-18(12)16(19)23/h4-7,12H,2-3,8-9H2,1H3,(H,17,20). The lowest BCUT2D eigenvalue weighted by molar-refractivity contribution is -0.131. The van der Waals surface area contributed by atoms with Gasteiger partial charge < -0.3 is 15.0 Å². The van der Waals surface area contributed by atoms with Gasteiger partial charge in [0, 0.05) is 12.2 Å². The number of imide groups is 1. The lowest BCUT2D eigenvalue weighted by Gasteiger charge is -2.15. The first-order chi connectivity index (χ1) is 11.5. The summed E-state index contributed by atoms with van der Waals surface area (Å²) < 4.78 is 4.59. The Hall–Kier alpha value is -2.90. The fourth-order valence-electron chi connectivity index (χ4n) is 2.98. The first kappa shape index (κ1) is 16.0. The number of nitrogens with one attached hydrogen (secondary N) is 1. The van der Waals surface area contributed by atoms with Crippen molar-refractivity contribution in [2.24, 2.45) is 0 Å². The number of nitrogens with zero attached hydrogens (tertiary/aromatic N) is 2. The molecule has 2 heterocycles. The topological polar surface area (TPSA) is 96.0 Å². The summed E-state index contributed by atoms with van der Waals surface area (Å²) in [6, 6.07) is 5.32. The van der Waals surface area contributed by atoms with Crippen molar-refractivity contribution in [3.05, 3.63) is 29.8 Å². The quantitative estimate of drug-likeness (QED) is 0.651. The zero-order valence-corrected chi connectivity index (χ0v) is 13.2. The van der Waals surface area contributed by atoms with Crippen LogP contribution in [0.4, 0.5) is 10.5 Å². The van der Waals surface area contributed by atoms with E-state index in [1.54, 1.807) is 12.1 Å². The summed E-state index contributed by atoms with van der Waals surface area (Å²) in [7, 11) is 1.29. The molecule has 0 bridgehead atoms. The normalized spacial score (nSPS) is 19.5. The molecule has 126 valence electrons. The van der Waals surface area contributed by atoms with Crippen LogP contribution in [0.2, 0.25) is 0 Å². The molecule has 2 aliphatic rings. The minimum atomic E-state index is -0.471. The van der Waals surface area contributed by atoms with E-state index in [0.717, 1.165) is 11.3 Å². The number of anilines is 1. The molecule has 0 saturated carbocycles. The molecule has 2 saturated heterocycles. The lowest BCUT2D eigenvalue weighted by atomic mass is 10.2. The maximum atomic E-state index is 12.2. The van der Waals surface area contributed by atoms with E-state index in [1.165, 1.54) is 24.1 Å². The Kier molecular flexibility index (Phi) is 4.20. The number of carbonyl (C=O) groups excluding carboxylic acids is 4. The molecule has 1 N–H and O–H groups in total. The minimum Gasteiger partial charge on any atom is -0.465 e. The van der Waals surface area contributed by atoms with Crippen LogP contribution < -0.4 is 5.32 Å². The highest BCUT2D eigenvalue weighted by Crippen LogP contribution is 2.27. The Morgan fingerprint density at radius 2 is 1.96 bits per heavy atom. The first-order valence-corrected chi connectivity index (χ1v) is 7.61. The molecular formula is C16H17N3O5. The van der Waals surface area contributed by atoms with Crippen LogP contribution >= 0.6 is 0 Å². The minimum absolute atomic E-state index is 0.311. The van der Waals surface area contributed by atoms with Gasteiger partial charge in [-0.3, -0.25) is 14.5 Å². The smallest absolute Gasteiger partial charge is 0.337 e. The Bertz CT molecular complexity index is 678. The van der Waals surface area contributed by atoms with Crippen molar-refractivity contribution in [1.82, 2.24) is 9.80 Å². The van der Waals surface area contributed by atoms with Gasteiger partial charge in [-0.25, -0.2) is 9.59 Å². The number of hydrogen-bond acceptors (Lipinski definition) is 5. The van der Waals surface area contributed by atoms with Gasteiger partial charge in [-0.05, 0) is 37.1 Å². The average molecular weight is 331 g/mol. The fraction of sp³-hybridized carbons (Fsp3) is 0.375. The summed E-state index contributed by atoms with van der Waals surface area (Å²) in [6.45, 7) is 0.242. The van der Waals surface area contributed by atoms with Gasteiger partial charge in [0.25, 0.3) is 5.91 Å². The number of ether oxygens (including phenoxy) is 1. The Balaban J connectivity index is 1.61. The zero-order valence-electron chi connectivity index (χ0n) is 13.2. The molecule has 1 atom stereocenters. The van der Waals surface area contributed by atoms with E-state index >= 15 is 0 Å². The molecule has 2 fully saturated rings. The predicted octanol–water partition coefficient (Wildman–Crippen LogP) is 0.838. The summed E-state index contributed by atoms with van der Waals surface area (Å²) >= 11 is 0. The second-order valence-corrected chi connectivity index (χ2v) is 5.68. The van der Waals surface area contributed by atoms with Gasteiger partial charge in [-0.1, -0.05) is 0 Å². The number of amides is 4. The number of benzene rings is 1. The maximum Gasteiger partial charge on any atom is 0.337 e. The summed E-state index contributed by atoms with van der Waals surface area (Å²) in [5, 5.41) is 2.60. The van der Waals surface area contributed by atoms with Crippen LogP contribution in [0.15, 0.2) is 24.3 Å². The number of carbonyl (C=O) groups is 4. The SMILES string of the molecule is COC(=O)c1ccc(NC(=O)CN2C(=O)C3CCCN3C2=O)cc1. The monoisotopic (exact) mass is 331 g/mol. The number of hydrogen-bond donors (Lipinski definition) is 1. The van der Waals surface area contributed by atoms with E-state index in [-0.39, 0.29) is 12.5 Å². The van der Waals surface area contributed by atoms with Crippen molar-refractivity contribution in [3.8, 4) is 0 Å². The molecule has 0 spiro atoms. The average Bonchev–Trinajstić information content (AvgIpc) is 3.15. The van der Waals surface area contributed by atoms with E-state index in [0.29, 0.717) is 24.2 Å². The van der Waals surface area contributed by atoms with Crippen LogP contribution in [0.3, 0.4) is 0 Å². The van der Waals surface area contributed by atoms with E-state index in [1.807, 2.05) is 0 Å². The number of rotatable bonds is 4. The van der Waals surface area contributed by atoms with Crippen molar-refractivity contribution in [1.29, 1.82) is 0 Å². The first-order valence-electron chi connectivity index (χ1n) is 7.61. The van der Waals surface area contributed by atoms with Crippen molar-refractivity contribution in [3.63, 3.8) is 0 Å². The summed E-state index contributed by atoms with van der Waals surface area (Å²) in [6.07, 6.45) is 1.46. The molecule has 4 amide bonds. The number of fused-ring (bicyclic) bond motifs is 1.